The third-order valence-electron chi connectivity index (χ3n) is 3.65. The van der Waals surface area contributed by atoms with Gasteiger partial charge in [0.1, 0.15) is 6.54 Å². The van der Waals surface area contributed by atoms with Crippen LogP contribution in [0.5, 0.6) is 0 Å². The lowest BCUT2D eigenvalue weighted by Crippen LogP contribution is -3.00. The van der Waals surface area contributed by atoms with Gasteiger partial charge in [-0.15, -0.1) is 0 Å². The molecule has 0 saturated carbocycles. The molecule has 0 unspecified atom stereocenters. The number of pyridine rings is 1. The van der Waals surface area contributed by atoms with Gasteiger partial charge >= 0.3 is 0 Å². The van der Waals surface area contributed by atoms with Crippen molar-refractivity contribution in [3.8, 4) is 0 Å². The number of halogens is 1. The summed E-state index contributed by atoms with van der Waals surface area (Å²) in [6.07, 6.45) is 7.47. The molecule has 6 heteroatoms. The van der Waals surface area contributed by atoms with Crippen molar-refractivity contribution < 1.29 is 31.1 Å². The van der Waals surface area contributed by atoms with Crippen molar-refractivity contribution in [1.29, 1.82) is 0 Å². The molecule has 1 aliphatic heterocycles. The first-order valence-electron chi connectivity index (χ1n) is 7.21. The molecule has 2 heterocycles. The first-order valence-corrected chi connectivity index (χ1v) is 7.21. The van der Waals surface area contributed by atoms with E-state index in [2.05, 4.69) is 4.57 Å². The molecule has 1 aliphatic rings. The Balaban J connectivity index is 0.00000220. The summed E-state index contributed by atoms with van der Waals surface area (Å²) in [4.78, 5) is 26.2. The maximum absolute atomic E-state index is 12.0. The van der Waals surface area contributed by atoms with Gasteiger partial charge in [-0.05, 0) is 6.42 Å². The van der Waals surface area contributed by atoms with Crippen molar-refractivity contribution in [2.45, 2.75) is 25.8 Å². The molecule has 0 aromatic carbocycles. The smallest absolute Gasteiger partial charge is 0.222 e. The number of hydrogen-bond acceptors (Lipinski definition) is 2. The Hall–Kier alpha value is -1.43. The van der Waals surface area contributed by atoms with Crippen LogP contribution in [0.3, 0.4) is 0 Å². The van der Waals surface area contributed by atoms with Gasteiger partial charge in [0, 0.05) is 51.2 Å². The Kier molecular flexibility index (Phi) is 7.97. The molecule has 1 fully saturated rings. The second-order valence-electron chi connectivity index (χ2n) is 5.09. The normalized spacial score (nSPS) is 14.5. The monoisotopic (exact) mass is 355 g/mol. The van der Waals surface area contributed by atoms with E-state index in [0.29, 0.717) is 32.6 Å². The van der Waals surface area contributed by atoms with Gasteiger partial charge in [0.25, 0.3) is 0 Å². The summed E-state index contributed by atoms with van der Waals surface area (Å²) in [5.74, 6) is 0.216. The van der Waals surface area contributed by atoms with Crippen LogP contribution in [-0.4, -0.2) is 48.3 Å². The van der Waals surface area contributed by atoms with Gasteiger partial charge in [0.05, 0.1) is 0 Å². The molecule has 1 aromatic heterocycles. The van der Waals surface area contributed by atoms with Crippen LogP contribution < -0.4 is 21.5 Å². The quantitative estimate of drug-likeness (QED) is 0.320. The van der Waals surface area contributed by atoms with Gasteiger partial charge in [-0.1, -0.05) is 6.07 Å². The summed E-state index contributed by atoms with van der Waals surface area (Å²) in [5.41, 5.74) is 0. The number of nitrogens with zero attached hydrogens (tertiary/aromatic N) is 3. The molecule has 116 valence electrons. The Morgan fingerprint density at radius 1 is 1.05 bits per heavy atom. The van der Waals surface area contributed by atoms with Crippen LogP contribution >= 0.6 is 0 Å². The van der Waals surface area contributed by atoms with Crippen molar-refractivity contribution in [3.05, 3.63) is 30.6 Å². The van der Waals surface area contributed by atoms with Gasteiger partial charge in [-0.2, -0.15) is 0 Å². The van der Waals surface area contributed by atoms with E-state index >= 15 is 0 Å². The second kappa shape index (κ2) is 9.50. The van der Waals surface area contributed by atoms with Crippen LogP contribution in [0.4, 0.5) is 0 Å². The highest BCUT2D eigenvalue weighted by atomic mass is 79.9. The van der Waals surface area contributed by atoms with E-state index < -0.39 is 0 Å². The molecular formula is C15H22BrN3O2. The van der Waals surface area contributed by atoms with Crippen LogP contribution in [-0.2, 0) is 16.1 Å². The minimum Gasteiger partial charge on any atom is -1.00 e. The van der Waals surface area contributed by atoms with E-state index in [1.54, 1.807) is 4.90 Å². The summed E-state index contributed by atoms with van der Waals surface area (Å²) >= 11 is 0. The van der Waals surface area contributed by atoms with E-state index in [1.807, 2.05) is 35.5 Å². The fraction of sp³-hybridized carbons (Fsp3) is 0.533. The molecule has 5 nitrogen and oxygen atoms in total. The molecule has 0 atom stereocenters. The molecule has 21 heavy (non-hydrogen) atoms. The molecule has 0 bridgehead atoms. The van der Waals surface area contributed by atoms with Crippen LogP contribution in [0.15, 0.2) is 30.6 Å². The van der Waals surface area contributed by atoms with E-state index in [0.717, 1.165) is 25.8 Å². The maximum atomic E-state index is 12.0. The maximum Gasteiger partial charge on any atom is 0.222 e. The lowest BCUT2D eigenvalue weighted by molar-refractivity contribution is -0.697. The number of amides is 2. The van der Waals surface area contributed by atoms with Crippen LogP contribution in [0, 0.1) is 0 Å². The standard InChI is InChI=1S/C15H22N3O2.BrH/c19-14-17-10-12-18(13-11-17)15(20)6-2-5-9-16-7-3-1-4-8-16;/h1,3-4,7-8,14H,2,5-6,9-13H2;1H/q+1;/p-1. The van der Waals surface area contributed by atoms with Gasteiger partial charge in [-0.3, -0.25) is 9.59 Å². The zero-order valence-electron chi connectivity index (χ0n) is 12.2. The number of aromatic nitrogens is 1. The summed E-state index contributed by atoms with van der Waals surface area (Å²) in [5, 5.41) is 0. The van der Waals surface area contributed by atoms with Gasteiger partial charge < -0.3 is 26.8 Å². The number of piperazine rings is 1. The number of aryl methyl sites for hydroxylation is 1. The fourth-order valence-corrected chi connectivity index (χ4v) is 2.39. The molecule has 2 amide bonds. The van der Waals surface area contributed by atoms with E-state index in [1.165, 1.54) is 0 Å². The third-order valence-corrected chi connectivity index (χ3v) is 3.65. The van der Waals surface area contributed by atoms with Gasteiger partial charge in [-0.25, -0.2) is 4.57 Å². The predicted molar refractivity (Wildman–Crippen MR) is 74.7 cm³/mol. The van der Waals surface area contributed by atoms with Gasteiger partial charge in [0.2, 0.25) is 12.3 Å². The van der Waals surface area contributed by atoms with Crippen LogP contribution in [0.2, 0.25) is 0 Å². The first-order chi connectivity index (χ1) is 9.79. The fourth-order valence-electron chi connectivity index (χ4n) is 2.39. The largest absolute Gasteiger partial charge is 1.00 e. The number of carbonyl (C=O) groups is 2. The minimum absolute atomic E-state index is 0. The number of rotatable bonds is 6. The Morgan fingerprint density at radius 3 is 2.33 bits per heavy atom. The Morgan fingerprint density at radius 2 is 1.71 bits per heavy atom. The molecule has 1 aromatic rings. The van der Waals surface area contributed by atoms with Crippen molar-refractivity contribution in [3.63, 3.8) is 0 Å². The SMILES string of the molecule is O=CN1CCN(C(=O)CCCC[n+]2ccccc2)CC1.[Br-]. The van der Waals surface area contributed by atoms with Gasteiger partial charge in [0.15, 0.2) is 12.4 Å². The van der Waals surface area contributed by atoms with E-state index in [9.17, 15) is 9.59 Å². The van der Waals surface area contributed by atoms with Crippen molar-refractivity contribution >= 4 is 12.3 Å². The van der Waals surface area contributed by atoms with Crippen LogP contribution in [0.1, 0.15) is 19.3 Å². The molecule has 0 radical (unpaired) electrons. The van der Waals surface area contributed by atoms with Crippen molar-refractivity contribution in [2.24, 2.45) is 0 Å². The summed E-state index contributed by atoms with van der Waals surface area (Å²) in [6.45, 7) is 3.62. The summed E-state index contributed by atoms with van der Waals surface area (Å²) in [7, 11) is 0. The average molecular weight is 356 g/mol. The molecule has 2 rings (SSSR count). The highest BCUT2D eigenvalue weighted by Gasteiger charge is 2.19. The van der Waals surface area contributed by atoms with Crippen molar-refractivity contribution in [2.75, 3.05) is 26.2 Å². The zero-order chi connectivity index (χ0) is 14.2. The number of hydrogen-bond donors (Lipinski definition) is 0. The van der Waals surface area contributed by atoms with E-state index in [-0.39, 0.29) is 22.9 Å². The Bertz CT molecular complexity index is 434. The Labute approximate surface area is 136 Å². The highest BCUT2D eigenvalue weighted by molar-refractivity contribution is 5.76. The summed E-state index contributed by atoms with van der Waals surface area (Å²) in [6, 6.07) is 6.02. The zero-order valence-corrected chi connectivity index (χ0v) is 13.7. The topological polar surface area (TPSA) is 44.5 Å². The molecule has 0 spiro atoms. The van der Waals surface area contributed by atoms with Crippen LogP contribution in [0.25, 0.3) is 0 Å². The molecule has 1 saturated heterocycles. The van der Waals surface area contributed by atoms with E-state index in [4.69, 9.17) is 0 Å². The lowest BCUT2D eigenvalue weighted by Gasteiger charge is -2.32. The second-order valence-corrected chi connectivity index (χ2v) is 5.09. The third kappa shape index (κ3) is 5.83. The molecule has 0 N–H and O–H groups in total. The highest BCUT2D eigenvalue weighted by Crippen LogP contribution is 2.05. The van der Waals surface area contributed by atoms with Crippen molar-refractivity contribution in [1.82, 2.24) is 9.80 Å². The average Bonchev–Trinajstić information content (AvgIpc) is 2.52. The minimum atomic E-state index is 0. The first kappa shape index (κ1) is 17.6. The summed E-state index contributed by atoms with van der Waals surface area (Å²) < 4.78 is 2.13. The number of carbonyl (C=O) groups excluding carboxylic acids is 2. The predicted octanol–water partition coefficient (Wildman–Crippen LogP) is -2.55. The number of unbranched alkanes of at least 4 members (excludes halogenated alkanes) is 1. The molecule has 0 aliphatic carbocycles. The molecular weight excluding hydrogens is 334 g/mol. The lowest BCUT2D eigenvalue weighted by atomic mass is 10.2.